The number of aromatic nitrogens is 4. The fourth-order valence-corrected chi connectivity index (χ4v) is 5.03. The molecule has 12 heteroatoms. The maximum Gasteiger partial charge on any atom is 0.407 e. The molecule has 9 nitrogen and oxygen atoms in total. The van der Waals surface area contributed by atoms with E-state index in [-0.39, 0.29) is 54.6 Å². The molecule has 0 radical (unpaired) electrons. The van der Waals surface area contributed by atoms with Crippen LogP contribution in [0.25, 0.3) is 28.3 Å². The zero-order valence-electron chi connectivity index (χ0n) is 21.0. The molecule has 0 spiro atoms. The second kappa shape index (κ2) is 11.0. The molecule has 1 aromatic carbocycles. The third-order valence-corrected chi connectivity index (χ3v) is 6.99. The number of rotatable bonds is 7. The number of pyridine rings is 1. The van der Waals surface area contributed by atoms with Crippen molar-refractivity contribution in [2.75, 3.05) is 25.6 Å². The number of morpholine rings is 1. The number of H-pyrrole nitrogens is 1. The average molecular weight is 555 g/mol. The number of aromatic amines is 1. The molecule has 202 valence electrons. The van der Waals surface area contributed by atoms with E-state index in [9.17, 15) is 15.2 Å². The van der Waals surface area contributed by atoms with Crippen LogP contribution in [0.1, 0.15) is 29.3 Å². The van der Waals surface area contributed by atoms with E-state index in [0.29, 0.717) is 23.5 Å². The Morgan fingerprint density at radius 1 is 1.33 bits per heavy atom. The van der Waals surface area contributed by atoms with Gasteiger partial charge in [-0.15, -0.1) is 11.6 Å². The second-order valence-electron chi connectivity index (χ2n) is 9.41. The number of nitriles is 1. The lowest BCUT2D eigenvalue weighted by Crippen LogP contribution is -2.45. The van der Waals surface area contributed by atoms with Gasteiger partial charge in [-0.1, -0.05) is 0 Å². The molecule has 39 heavy (non-hydrogen) atoms. The molecule has 4 aromatic rings. The average Bonchev–Trinajstić information content (AvgIpc) is 3.52. The van der Waals surface area contributed by atoms with E-state index in [0.717, 1.165) is 5.56 Å². The number of fused-ring (bicyclic) bond motifs is 1. The Morgan fingerprint density at radius 3 is 2.79 bits per heavy atom. The Bertz CT molecular complexity index is 1560. The molecule has 1 fully saturated rings. The number of hydrogen-bond donors (Lipinski definition) is 2. The Balaban J connectivity index is 1.54. The van der Waals surface area contributed by atoms with Crippen molar-refractivity contribution in [1.29, 1.82) is 5.26 Å². The number of hydrogen-bond acceptors (Lipinski definition) is 5. The molecule has 5 rings (SSSR count). The number of nitrogens with zero attached hydrogens (tertiary/aromatic N) is 5. The minimum absolute atomic E-state index is 0.116. The van der Waals surface area contributed by atoms with Crippen molar-refractivity contribution in [3.05, 3.63) is 65.2 Å². The van der Waals surface area contributed by atoms with Crippen LogP contribution in [-0.2, 0) is 11.2 Å². The van der Waals surface area contributed by atoms with E-state index in [1.54, 1.807) is 16.7 Å². The van der Waals surface area contributed by atoms with Gasteiger partial charge in [-0.25, -0.2) is 23.5 Å². The van der Waals surface area contributed by atoms with Crippen molar-refractivity contribution in [2.45, 2.75) is 31.8 Å². The Morgan fingerprint density at radius 2 is 2.10 bits per heavy atom. The minimum Gasteiger partial charge on any atom is -0.465 e. The van der Waals surface area contributed by atoms with E-state index in [1.807, 2.05) is 13.0 Å². The zero-order chi connectivity index (χ0) is 27.7. The van der Waals surface area contributed by atoms with Crippen molar-refractivity contribution in [1.82, 2.24) is 24.3 Å². The fraction of sp³-hybridized carbons (Fsp3) is 0.333. The molecule has 1 saturated heterocycles. The summed E-state index contributed by atoms with van der Waals surface area (Å²) in [6.45, 7) is 2.50. The van der Waals surface area contributed by atoms with Crippen LogP contribution in [0.2, 0.25) is 0 Å². The normalized spacial score (nSPS) is 16.4. The quantitative estimate of drug-likeness (QED) is 0.305. The molecule has 4 heterocycles. The second-order valence-corrected chi connectivity index (χ2v) is 9.79. The third-order valence-electron chi connectivity index (χ3n) is 6.77. The van der Waals surface area contributed by atoms with Gasteiger partial charge >= 0.3 is 6.09 Å². The smallest absolute Gasteiger partial charge is 0.407 e. The molecule has 0 bridgehead atoms. The number of amides is 1. The fourth-order valence-electron chi connectivity index (χ4n) is 4.81. The van der Waals surface area contributed by atoms with E-state index >= 15 is 8.78 Å². The Kier molecular flexibility index (Phi) is 7.50. The summed E-state index contributed by atoms with van der Waals surface area (Å²) in [6.07, 6.45) is 2.34. The van der Waals surface area contributed by atoms with Gasteiger partial charge in [0, 0.05) is 36.8 Å². The third kappa shape index (κ3) is 5.30. The summed E-state index contributed by atoms with van der Waals surface area (Å²) in [5.74, 6) is -1.71. The van der Waals surface area contributed by atoms with Crippen LogP contribution in [0.3, 0.4) is 0 Å². The lowest BCUT2D eigenvalue weighted by Gasteiger charge is -2.31. The van der Waals surface area contributed by atoms with Crippen molar-refractivity contribution in [3.63, 3.8) is 0 Å². The summed E-state index contributed by atoms with van der Waals surface area (Å²) >= 11 is 5.77. The van der Waals surface area contributed by atoms with Gasteiger partial charge in [0.1, 0.15) is 23.1 Å². The maximum absolute atomic E-state index is 15.7. The number of imidazole rings is 2. The highest BCUT2D eigenvalue weighted by molar-refractivity contribution is 6.17. The van der Waals surface area contributed by atoms with Crippen molar-refractivity contribution < 1.29 is 23.4 Å². The number of ether oxygens (including phenoxy) is 1. The largest absolute Gasteiger partial charge is 0.465 e. The highest BCUT2D eigenvalue weighted by Gasteiger charge is 2.29. The minimum atomic E-state index is -1.05. The van der Waals surface area contributed by atoms with Gasteiger partial charge < -0.3 is 24.1 Å². The first-order valence-corrected chi connectivity index (χ1v) is 12.9. The molecule has 1 aliphatic rings. The maximum atomic E-state index is 15.7. The van der Waals surface area contributed by atoms with Crippen LogP contribution in [0, 0.1) is 29.9 Å². The van der Waals surface area contributed by atoms with E-state index < -0.39 is 29.7 Å². The van der Waals surface area contributed by atoms with Gasteiger partial charge in [0.15, 0.2) is 0 Å². The Labute approximate surface area is 227 Å². The molecule has 2 unspecified atom stereocenters. The van der Waals surface area contributed by atoms with Gasteiger partial charge in [-0.05, 0) is 43.2 Å². The summed E-state index contributed by atoms with van der Waals surface area (Å²) < 4.78 is 38.9. The van der Waals surface area contributed by atoms with Gasteiger partial charge in [0.05, 0.1) is 53.9 Å². The molecule has 3 aromatic heterocycles. The lowest BCUT2D eigenvalue weighted by molar-refractivity contribution is -0.0214. The molecule has 0 aliphatic carbocycles. The van der Waals surface area contributed by atoms with Crippen LogP contribution in [0.15, 0.2) is 36.7 Å². The molecule has 2 atom stereocenters. The van der Waals surface area contributed by atoms with Crippen LogP contribution >= 0.6 is 11.6 Å². The number of nitrogens with one attached hydrogen (secondary N) is 1. The van der Waals surface area contributed by atoms with Crippen molar-refractivity contribution in [2.24, 2.45) is 0 Å². The number of carbonyl (C=O) groups is 1. The number of carboxylic acid groups (broad SMARTS) is 1. The van der Waals surface area contributed by atoms with Crippen LogP contribution in [-0.4, -0.2) is 67.1 Å². The highest BCUT2D eigenvalue weighted by atomic mass is 35.5. The lowest BCUT2D eigenvalue weighted by atomic mass is 10.0. The molecule has 2 N–H and O–H groups in total. The predicted molar refractivity (Wildman–Crippen MR) is 140 cm³/mol. The van der Waals surface area contributed by atoms with Gasteiger partial charge in [-0.3, -0.25) is 0 Å². The molecule has 1 aliphatic heterocycles. The monoisotopic (exact) mass is 554 g/mol. The number of halogens is 3. The topological polar surface area (TPSA) is 120 Å². The first-order chi connectivity index (χ1) is 18.8. The van der Waals surface area contributed by atoms with Crippen molar-refractivity contribution >= 4 is 23.3 Å². The summed E-state index contributed by atoms with van der Waals surface area (Å²) in [6, 6.07) is 8.14. The van der Waals surface area contributed by atoms with Crippen LogP contribution < -0.4 is 0 Å². The SMILES string of the molecule is Cc1ccn2c(CC3CN(C(=O)O)CCO3)c(-c3c(F)cc(-c4nc(C(C#N)CCCl)c[nH]4)cc3F)nc2c1. The van der Waals surface area contributed by atoms with E-state index in [2.05, 4.69) is 21.0 Å². The van der Waals surface area contributed by atoms with Gasteiger partial charge in [-0.2, -0.15) is 5.26 Å². The zero-order valence-corrected chi connectivity index (χ0v) is 21.8. The molecule has 0 saturated carbocycles. The van der Waals surface area contributed by atoms with Gasteiger partial charge in [0.25, 0.3) is 0 Å². The molecular weight excluding hydrogens is 530 g/mol. The summed E-state index contributed by atoms with van der Waals surface area (Å²) in [5.41, 5.74) is 2.37. The van der Waals surface area contributed by atoms with E-state index in [4.69, 9.17) is 16.3 Å². The standard InChI is InChI=1S/C27H25ClF2N6O3/c1-15-3-5-36-22(11-18-14-35(27(37)38)6-7-39-18)25(34-23(36)8-15)24-19(29)9-17(10-20(24)30)26-32-13-21(33-26)16(12-31)2-4-28/h3,5,8-10,13,16,18H,2,4,6-7,11,14H2,1H3,(H,32,33)(H,37,38). The molecular formula is C27H25ClF2N6O3. The van der Waals surface area contributed by atoms with Gasteiger partial charge in [0.2, 0.25) is 0 Å². The predicted octanol–water partition coefficient (Wildman–Crippen LogP) is 5.14. The number of benzene rings is 1. The first-order valence-electron chi connectivity index (χ1n) is 12.4. The summed E-state index contributed by atoms with van der Waals surface area (Å²) in [5, 5.41) is 18.8. The van der Waals surface area contributed by atoms with Crippen LogP contribution in [0.5, 0.6) is 0 Å². The van der Waals surface area contributed by atoms with Crippen LogP contribution in [0.4, 0.5) is 13.6 Å². The molecule has 1 amide bonds. The first kappa shape index (κ1) is 26.6. The number of alkyl halides is 1. The number of aryl methyl sites for hydroxylation is 1. The summed E-state index contributed by atoms with van der Waals surface area (Å²) in [4.78, 5) is 24.6. The van der Waals surface area contributed by atoms with E-state index in [1.165, 1.54) is 23.2 Å². The Hall–Kier alpha value is -4.01. The highest BCUT2D eigenvalue weighted by Crippen LogP contribution is 2.34. The van der Waals surface area contributed by atoms with Crippen molar-refractivity contribution in [3.8, 4) is 28.7 Å². The summed E-state index contributed by atoms with van der Waals surface area (Å²) in [7, 11) is 0.